The van der Waals surface area contributed by atoms with Crippen LogP contribution in [0.1, 0.15) is 0 Å². The van der Waals surface area contributed by atoms with E-state index < -0.39 is 61.8 Å². The topological polar surface area (TPSA) is 205 Å². The zero-order valence-electron chi connectivity index (χ0n) is 10.7. The predicted octanol–water partition coefficient (Wildman–Crippen LogP) is -5.23. The molecule has 0 fully saturated rings. The van der Waals surface area contributed by atoms with Crippen LogP contribution in [0.15, 0.2) is 0 Å². The molecule has 0 aliphatic rings. The number of aliphatic hydroxyl groups excluding tert-OH is 7. The summed E-state index contributed by atoms with van der Waals surface area (Å²) in [6.07, 6.45) is -12.4. The minimum atomic E-state index is -2.43. The average molecular weight is 314 g/mol. The third-order valence-corrected chi connectivity index (χ3v) is 2.52. The van der Waals surface area contributed by atoms with Gasteiger partial charge in [0.2, 0.25) is 0 Å². The molecule has 0 aromatic rings. The van der Waals surface area contributed by atoms with Gasteiger partial charge < -0.3 is 45.6 Å². The Morgan fingerprint density at radius 1 is 0.857 bits per heavy atom. The summed E-state index contributed by atoms with van der Waals surface area (Å²) >= 11 is 0. The van der Waals surface area contributed by atoms with Gasteiger partial charge in [0.05, 0.1) is 6.61 Å². The summed E-state index contributed by atoms with van der Waals surface area (Å²) in [7, 11) is 0. The highest BCUT2D eigenvalue weighted by molar-refractivity contribution is 5.84. The van der Waals surface area contributed by atoms with Gasteiger partial charge in [-0.15, -0.1) is 0 Å². The molecule has 0 saturated carbocycles. The van der Waals surface area contributed by atoms with Crippen LogP contribution in [0.25, 0.3) is 0 Å². The van der Waals surface area contributed by atoms with Crippen LogP contribution in [0.4, 0.5) is 0 Å². The number of carbonyl (C=O) groups excluding carboxylic acids is 1. The maximum absolute atomic E-state index is 11.1. The largest absolute Gasteiger partial charge is 0.479 e. The molecule has 0 aliphatic carbocycles. The number of hydrogen-bond donors (Lipinski definition) is 8. The van der Waals surface area contributed by atoms with E-state index in [1.54, 1.807) is 0 Å². The Bertz CT molecular complexity index is 346. The van der Waals surface area contributed by atoms with Gasteiger partial charge in [-0.1, -0.05) is 0 Å². The molecule has 21 heavy (non-hydrogen) atoms. The monoisotopic (exact) mass is 314 g/mol. The Morgan fingerprint density at radius 3 is 1.76 bits per heavy atom. The quantitative estimate of drug-likeness (QED) is 0.189. The zero-order chi connectivity index (χ0) is 16.7. The number of carbonyl (C=O) groups is 2. The molecule has 6 atom stereocenters. The summed E-state index contributed by atoms with van der Waals surface area (Å²) in [5.74, 6) is -3.45. The molecule has 0 aliphatic heterocycles. The van der Waals surface area contributed by atoms with Gasteiger partial charge in [-0.25, -0.2) is 9.59 Å². The van der Waals surface area contributed by atoms with Crippen molar-refractivity contribution in [2.24, 2.45) is 0 Å². The minimum absolute atomic E-state index is 0.895. The van der Waals surface area contributed by atoms with Gasteiger partial charge >= 0.3 is 11.9 Å². The van der Waals surface area contributed by atoms with Crippen molar-refractivity contribution >= 4 is 11.9 Å². The standard InChI is InChI=1S/C10H18O11/c11-1-3(12)5(14)6(15)4(13)2-21-10(20)8(17)7(16)9(18)19/h3-8,11-17H,1-2H2,(H,18,19)/t3-,4-,5-,6-,7-,8-/m1/s1. The first-order valence-electron chi connectivity index (χ1n) is 5.72. The van der Waals surface area contributed by atoms with Gasteiger partial charge in [0.15, 0.2) is 12.2 Å². The molecule has 0 aromatic heterocycles. The van der Waals surface area contributed by atoms with Gasteiger partial charge in [0, 0.05) is 0 Å². The molecule has 0 aromatic carbocycles. The van der Waals surface area contributed by atoms with Gasteiger partial charge in [0.25, 0.3) is 0 Å². The molecular weight excluding hydrogens is 296 g/mol. The van der Waals surface area contributed by atoms with Crippen LogP contribution in [-0.4, -0.2) is 103 Å². The smallest absolute Gasteiger partial charge is 0.338 e. The number of carboxylic acids is 1. The molecule has 0 amide bonds. The lowest BCUT2D eigenvalue weighted by Gasteiger charge is -2.25. The first-order chi connectivity index (χ1) is 9.63. The number of ether oxygens (including phenoxy) is 1. The lowest BCUT2D eigenvalue weighted by Crippen LogP contribution is -2.48. The van der Waals surface area contributed by atoms with Gasteiger partial charge in [-0.2, -0.15) is 0 Å². The fourth-order valence-corrected chi connectivity index (χ4v) is 1.18. The van der Waals surface area contributed by atoms with Crippen molar-refractivity contribution in [3.05, 3.63) is 0 Å². The molecular formula is C10H18O11. The maximum atomic E-state index is 11.1. The molecule has 0 unspecified atom stereocenters. The Hall–Kier alpha value is -1.34. The third kappa shape index (κ3) is 5.89. The molecule has 11 heteroatoms. The maximum Gasteiger partial charge on any atom is 0.338 e. The number of aliphatic hydroxyl groups is 7. The van der Waals surface area contributed by atoms with E-state index in [-0.39, 0.29) is 0 Å². The summed E-state index contributed by atoms with van der Waals surface area (Å²) in [4.78, 5) is 21.4. The van der Waals surface area contributed by atoms with Crippen molar-refractivity contribution in [1.29, 1.82) is 0 Å². The number of carboxylic acid groups (broad SMARTS) is 1. The fourth-order valence-electron chi connectivity index (χ4n) is 1.18. The van der Waals surface area contributed by atoms with E-state index in [0.717, 1.165) is 0 Å². The molecule has 0 heterocycles. The Balaban J connectivity index is 4.38. The molecule has 0 bridgehead atoms. The first-order valence-corrected chi connectivity index (χ1v) is 5.72. The highest BCUT2D eigenvalue weighted by Crippen LogP contribution is 2.06. The number of aliphatic carboxylic acids is 1. The summed E-state index contributed by atoms with van der Waals surface area (Å²) in [5, 5.41) is 71.8. The van der Waals surface area contributed by atoms with E-state index in [1.165, 1.54) is 0 Å². The SMILES string of the molecule is O=C(O)[C@H](O)[C@@H](O)C(=O)OC[C@@H](O)[C@@H](O)[C@H](O)[C@H](O)CO. The molecule has 0 saturated heterocycles. The Kier molecular flexibility index (Phi) is 8.27. The van der Waals surface area contributed by atoms with Crippen LogP contribution >= 0.6 is 0 Å². The van der Waals surface area contributed by atoms with Crippen LogP contribution in [0.3, 0.4) is 0 Å². The summed E-state index contributed by atoms with van der Waals surface area (Å²) in [6.45, 7) is -1.85. The van der Waals surface area contributed by atoms with Gasteiger partial charge in [-0.05, 0) is 0 Å². The van der Waals surface area contributed by atoms with E-state index in [1.807, 2.05) is 0 Å². The second kappa shape index (κ2) is 8.84. The molecule has 124 valence electrons. The molecule has 0 spiro atoms. The summed E-state index contributed by atoms with van der Waals surface area (Å²) in [5.41, 5.74) is 0. The average Bonchev–Trinajstić information content (AvgIpc) is 2.47. The van der Waals surface area contributed by atoms with Crippen molar-refractivity contribution in [1.82, 2.24) is 0 Å². The first kappa shape index (κ1) is 19.7. The van der Waals surface area contributed by atoms with E-state index in [2.05, 4.69) is 4.74 Å². The van der Waals surface area contributed by atoms with Gasteiger partial charge in [-0.3, -0.25) is 0 Å². The normalized spacial score (nSPS) is 20.0. The van der Waals surface area contributed by atoms with Crippen LogP contribution in [0.5, 0.6) is 0 Å². The van der Waals surface area contributed by atoms with Crippen molar-refractivity contribution in [3.8, 4) is 0 Å². The van der Waals surface area contributed by atoms with Crippen molar-refractivity contribution in [2.45, 2.75) is 36.6 Å². The second-order valence-corrected chi connectivity index (χ2v) is 4.16. The second-order valence-electron chi connectivity index (χ2n) is 4.16. The van der Waals surface area contributed by atoms with E-state index >= 15 is 0 Å². The van der Waals surface area contributed by atoms with E-state index in [9.17, 15) is 24.9 Å². The van der Waals surface area contributed by atoms with Crippen LogP contribution < -0.4 is 0 Å². The van der Waals surface area contributed by atoms with Crippen molar-refractivity contribution < 1.29 is 55.2 Å². The Morgan fingerprint density at radius 2 is 1.33 bits per heavy atom. The highest BCUT2D eigenvalue weighted by Gasteiger charge is 2.34. The van der Waals surface area contributed by atoms with E-state index in [0.29, 0.717) is 0 Å². The summed E-state index contributed by atoms with van der Waals surface area (Å²) < 4.78 is 4.24. The molecule has 8 N–H and O–H groups in total. The van der Waals surface area contributed by atoms with Crippen LogP contribution in [0.2, 0.25) is 0 Å². The number of esters is 1. The van der Waals surface area contributed by atoms with Crippen LogP contribution in [-0.2, 0) is 14.3 Å². The molecule has 0 rings (SSSR count). The van der Waals surface area contributed by atoms with Gasteiger partial charge in [0.1, 0.15) is 31.0 Å². The predicted molar refractivity (Wildman–Crippen MR) is 61.7 cm³/mol. The number of hydrogen-bond acceptors (Lipinski definition) is 10. The molecule has 0 radical (unpaired) electrons. The zero-order valence-corrected chi connectivity index (χ0v) is 10.7. The van der Waals surface area contributed by atoms with Crippen molar-refractivity contribution in [2.75, 3.05) is 13.2 Å². The van der Waals surface area contributed by atoms with Crippen molar-refractivity contribution in [3.63, 3.8) is 0 Å². The Labute approximate surface area is 118 Å². The van der Waals surface area contributed by atoms with Crippen LogP contribution in [0, 0.1) is 0 Å². The highest BCUT2D eigenvalue weighted by atomic mass is 16.6. The van der Waals surface area contributed by atoms with E-state index in [4.69, 9.17) is 25.5 Å². The number of rotatable bonds is 9. The lowest BCUT2D eigenvalue weighted by atomic mass is 10.0. The third-order valence-electron chi connectivity index (χ3n) is 2.52. The molecule has 11 nitrogen and oxygen atoms in total. The minimum Gasteiger partial charge on any atom is -0.479 e. The lowest BCUT2D eigenvalue weighted by molar-refractivity contribution is -0.175. The fraction of sp³-hybridized carbons (Fsp3) is 0.800. The summed E-state index contributed by atoms with van der Waals surface area (Å²) in [6, 6.07) is 0.